The Hall–Kier alpha value is -3.80. The fraction of sp³-hybridized carbons (Fsp3) is 0.259. The van der Waals surface area contributed by atoms with Gasteiger partial charge >= 0.3 is 6.09 Å². The lowest BCUT2D eigenvalue weighted by Crippen LogP contribution is -2.35. The van der Waals surface area contributed by atoms with Crippen LogP contribution in [0.1, 0.15) is 48.3 Å². The predicted octanol–water partition coefficient (Wildman–Crippen LogP) is 5.57. The summed E-state index contributed by atoms with van der Waals surface area (Å²) in [5.74, 6) is 1.34. The molecule has 0 aliphatic heterocycles. The van der Waals surface area contributed by atoms with E-state index in [9.17, 15) is 9.59 Å². The van der Waals surface area contributed by atoms with Crippen LogP contribution in [0.4, 0.5) is 4.79 Å². The maximum atomic E-state index is 12.5. The molecule has 3 aromatic carbocycles. The van der Waals surface area contributed by atoms with E-state index in [-0.39, 0.29) is 0 Å². The number of carbonyl (C=O) groups excluding carboxylic acids is 2. The lowest BCUT2D eigenvalue weighted by atomic mass is 9.98. The average Bonchev–Trinajstić information content (AvgIpc) is 2.80. The summed E-state index contributed by atoms with van der Waals surface area (Å²) in [6.45, 7) is 6.18. The van der Waals surface area contributed by atoms with E-state index >= 15 is 0 Å². The molecular formula is C27H29NO5. The number of rotatable bonds is 9. The summed E-state index contributed by atoms with van der Waals surface area (Å²) in [5.41, 5.74) is 1.81. The lowest BCUT2D eigenvalue weighted by molar-refractivity contribution is 0.0512. The standard InChI is InChI=1S/C27H29NO5/c1-27(2,3)33-26(30)28-25(21-8-5-4-6-9-21)22-10-7-11-24(18-22)32-17-16-31-23-14-12-20(19-29)13-15-23/h4-15,18-19,25H,16-17H2,1-3H3,(H,28,30). The summed E-state index contributed by atoms with van der Waals surface area (Å²) in [6, 6.07) is 23.8. The molecule has 0 aliphatic carbocycles. The summed E-state index contributed by atoms with van der Waals surface area (Å²) in [4.78, 5) is 23.2. The number of hydrogen-bond acceptors (Lipinski definition) is 5. The fourth-order valence-corrected chi connectivity index (χ4v) is 3.18. The third-order valence-corrected chi connectivity index (χ3v) is 4.62. The molecule has 6 heteroatoms. The van der Waals surface area contributed by atoms with Crippen LogP contribution in [0.2, 0.25) is 0 Å². The fourth-order valence-electron chi connectivity index (χ4n) is 3.18. The molecule has 1 unspecified atom stereocenters. The van der Waals surface area contributed by atoms with Crippen LogP contribution in [0.25, 0.3) is 0 Å². The Morgan fingerprint density at radius 1 is 0.848 bits per heavy atom. The Morgan fingerprint density at radius 2 is 1.48 bits per heavy atom. The van der Waals surface area contributed by atoms with Gasteiger partial charge in [0.05, 0.1) is 6.04 Å². The third kappa shape index (κ3) is 7.68. The second-order valence-corrected chi connectivity index (χ2v) is 8.45. The second kappa shape index (κ2) is 11.2. The van der Waals surface area contributed by atoms with Gasteiger partial charge in [0.2, 0.25) is 0 Å². The first-order valence-electron chi connectivity index (χ1n) is 10.8. The van der Waals surface area contributed by atoms with Gasteiger partial charge in [-0.2, -0.15) is 0 Å². The monoisotopic (exact) mass is 447 g/mol. The van der Waals surface area contributed by atoms with E-state index in [4.69, 9.17) is 14.2 Å². The van der Waals surface area contributed by atoms with Crippen LogP contribution in [-0.2, 0) is 4.74 Å². The molecule has 0 aliphatic rings. The van der Waals surface area contributed by atoms with Gasteiger partial charge in [0, 0.05) is 5.56 Å². The molecule has 0 fully saturated rings. The number of nitrogens with one attached hydrogen (secondary N) is 1. The van der Waals surface area contributed by atoms with Crippen molar-refractivity contribution in [3.8, 4) is 11.5 Å². The largest absolute Gasteiger partial charge is 0.490 e. The molecule has 3 rings (SSSR count). The number of alkyl carbamates (subject to hydrolysis) is 1. The minimum atomic E-state index is -0.593. The van der Waals surface area contributed by atoms with Crippen molar-refractivity contribution in [1.82, 2.24) is 5.32 Å². The topological polar surface area (TPSA) is 73.9 Å². The van der Waals surface area contributed by atoms with Crippen molar-refractivity contribution in [1.29, 1.82) is 0 Å². The van der Waals surface area contributed by atoms with Crippen molar-refractivity contribution in [2.45, 2.75) is 32.4 Å². The highest BCUT2D eigenvalue weighted by Crippen LogP contribution is 2.26. The van der Waals surface area contributed by atoms with E-state index in [1.807, 2.05) is 75.4 Å². The summed E-state index contributed by atoms with van der Waals surface area (Å²) >= 11 is 0. The Kier molecular flexibility index (Phi) is 8.08. The van der Waals surface area contributed by atoms with Crippen LogP contribution in [0, 0.1) is 0 Å². The van der Waals surface area contributed by atoms with Gasteiger partial charge in [0.15, 0.2) is 0 Å². The number of aldehydes is 1. The first-order valence-corrected chi connectivity index (χ1v) is 10.8. The van der Waals surface area contributed by atoms with Crippen molar-refractivity contribution < 1.29 is 23.8 Å². The molecule has 1 atom stereocenters. The maximum Gasteiger partial charge on any atom is 0.408 e. The van der Waals surface area contributed by atoms with Gasteiger partial charge in [0.25, 0.3) is 0 Å². The molecule has 172 valence electrons. The molecule has 0 spiro atoms. The van der Waals surface area contributed by atoms with Crippen molar-refractivity contribution in [3.05, 3.63) is 95.6 Å². The Morgan fingerprint density at radius 3 is 2.12 bits per heavy atom. The minimum Gasteiger partial charge on any atom is -0.490 e. The molecule has 1 N–H and O–H groups in total. The summed E-state index contributed by atoms with van der Waals surface area (Å²) < 4.78 is 17.0. The SMILES string of the molecule is CC(C)(C)OC(=O)NC(c1ccccc1)c1cccc(OCCOc2ccc(C=O)cc2)c1. The van der Waals surface area contributed by atoms with Gasteiger partial charge < -0.3 is 19.5 Å². The van der Waals surface area contributed by atoms with E-state index < -0.39 is 17.7 Å². The summed E-state index contributed by atoms with van der Waals surface area (Å²) in [5, 5.41) is 2.97. The van der Waals surface area contributed by atoms with Gasteiger partial charge in [-0.05, 0) is 68.3 Å². The Balaban J connectivity index is 1.65. The molecule has 0 saturated carbocycles. The van der Waals surface area contributed by atoms with Crippen molar-refractivity contribution >= 4 is 12.4 Å². The molecule has 0 aromatic heterocycles. The van der Waals surface area contributed by atoms with Crippen LogP contribution in [0.15, 0.2) is 78.9 Å². The first-order chi connectivity index (χ1) is 15.8. The van der Waals surface area contributed by atoms with E-state index in [0.29, 0.717) is 30.3 Å². The highest BCUT2D eigenvalue weighted by molar-refractivity contribution is 5.74. The van der Waals surface area contributed by atoms with Gasteiger partial charge in [-0.25, -0.2) is 4.79 Å². The van der Waals surface area contributed by atoms with Crippen molar-refractivity contribution in [2.75, 3.05) is 13.2 Å². The molecule has 0 bridgehead atoms. The zero-order chi connectivity index (χ0) is 23.7. The van der Waals surface area contributed by atoms with Crippen LogP contribution < -0.4 is 14.8 Å². The van der Waals surface area contributed by atoms with E-state index in [1.54, 1.807) is 24.3 Å². The second-order valence-electron chi connectivity index (χ2n) is 8.45. The number of carbonyl (C=O) groups is 2. The normalized spacial score (nSPS) is 11.8. The average molecular weight is 448 g/mol. The summed E-state index contributed by atoms with van der Waals surface area (Å²) in [7, 11) is 0. The van der Waals surface area contributed by atoms with E-state index in [1.165, 1.54) is 0 Å². The van der Waals surface area contributed by atoms with Crippen molar-refractivity contribution in [2.24, 2.45) is 0 Å². The number of benzene rings is 3. The molecular weight excluding hydrogens is 418 g/mol. The van der Waals surface area contributed by atoms with Gasteiger partial charge in [-0.1, -0.05) is 42.5 Å². The molecule has 33 heavy (non-hydrogen) atoms. The molecule has 0 radical (unpaired) electrons. The highest BCUT2D eigenvalue weighted by atomic mass is 16.6. The molecule has 0 heterocycles. The molecule has 0 saturated heterocycles. The zero-order valence-electron chi connectivity index (χ0n) is 19.1. The number of hydrogen-bond donors (Lipinski definition) is 1. The van der Waals surface area contributed by atoms with Gasteiger partial charge in [-0.15, -0.1) is 0 Å². The highest BCUT2D eigenvalue weighted by Gasteiger charge is 2.22. The zero-order valence-corrected chi connectivity index (χ0v) is 19.1. The molecule has 6 nitrogen and oxygen atoms in total. The quantitative estimate of drug-likeness (QED) is 0.343. The van der Waals surface area contributed by atoms with Crippen LogP contribution in [-0.4, -0.2) is 31.2 Å². The maximum absolute atomic E-state index is 12.5. The lowest BCUT2D eigenvalue weighted by Gasteiger charge is -2.24. The molecule has 1 amide bonds. The van der Waals surface area contributed by atoms with Crippen LogP contribution in [0.5, 0.6) is 11.5 Å². The smallest absolute Gasteiger partial charge is 0.408 e. The first kappa shape index (κ1) is 23.9. The van der Waals surface area contributed by atoms with Crippen LogP contribution >= 0.6 is 0 Å². The van der Waals surface area contributed by atoms with Crippen LogP contribution in [0.3, 0.4) is 0 Å². The van der Waals surface area contributed by atoms with Gasteiger partial charge in [-0.3, -0.25) is 4.79 Å². The Bertz CT molecular complexity index is 1040. The van der Waals surface area contributed by atoms with Gasteiger partial charge in [0.1, 0.15) is 36.6 Å². The third-order valence-electron chi connectivity index (χ3n) is 4.62. The molecule has 3 aromatic rings. The van der Waals surface area contributed by atoms with Crippen molar-refractivity contribution in [3.63, 3.8) is 0 Å². The van der Waals surface area contributed by atoms with E-state index in [0.717, 1.165) is 17.4 Å². The summed E-state index contributed by atoms with van der Waals surface area (Å²) in [6.07, 6.45) is 0.303. The predicted molar refractivity (Wildman–Crippen MR) is 127 cm³/mol. The number of ether oxygens (including phenoxy) is 3. The van der Waals surface area contributed by atoms with E-state index in [2.05, 4.69) is 5.32 Å². The minimum absolute atomic E-state index is 0.342. The number of amides is 1. The Labute approximate surface area is 194 Å².